The first-order valence-corrected chi connectivity index (χ1v) is 12.1. The first kappa shape index (κ1) is 25.1. The number of imidazole rings is 1. The molecule has 1 aromatic heterocycles. The Balaban J connectivity index is 1.35. The minimum atomic E-state index is -0.744. The number of nitro benzene ring substituents is 1. The Morgan fingerprint density at radius 2 is 1.63 bits per heavy atom. The smallest absolute Gasteiger partial charge is 0.338 e. The summed E-state index contributed by atoms with van der Waals surface area (Å²) in [6, 6.07) is 18.3. The second-order valence-corrected chi connectivity index (χ2v) is 9.25. The van der Waals surface area contributed by atoms with Gasteiger partial charge in [0.2, 0.25) is 0 Å². The Hall–Kier alpha value is -4.57. The predicted molar refractivity (Wildman–Crippen MR) is 137 cm³/mol. The van der Waals surface area contributed by atoms with E-state index in [0.29, 0.717) is 28.0 Å². The standard InChI is InChI=1S/C28H25N3O7/c1-16-3-7-18(8-4-16)27(32)36-15-25-23(38-28(33)19-9-5-17(2)6-10-19)14-24(37-25)26-29-21-12-11-20(31(34)35)13-22(21)30-26/h3-13,23-25H,14-15H2,1-2H3,(H,29,30)/t23-,24-,25+/m0/s1. The molecule has 1 N–H and O–H groups in total. The molecule has 1 aliphatic heterocycles. The number of carbonyl (C=O) groups is 2. The summed E-state index contributed by atoms with van der Waals surface area (Å²) in [6.07, 6.45) is -1.82. The van der Waals surface area contributed by atoms with Gasteiger partial charge in [-0.05, 0) is 44.2 Å². The number of aromatic amines is 1. The zero-order valence-electron chi connectivity index (χ0n) is 20.7. The molecule has 2 heterocycles. The average Bonchev–Trinajstić information content (AvgIpc) is 3.51. The highest BCUT2D eigenvalue weighted by Gasteiger charge is 2.41. The number of carbonyl (C=O) groups excluding carboxylic acids is 2. The summed E-state index contributed by atoms with van der Waals surface area (Å²) in [5.41, 5.74) is 3.78. The molecule has 1 saturated heterocycles. The Kier molecular flexibility index (Phi) is 6.89. The number of aromatic nitrogens is 2. The highest BCUT2D eigenvalue weighted by molar-refractivity contribution is 5.90. The van der Waals surface area contributed by atoms with Gasteiger partial charge in [0.25, 0.3) is 5.69 Å². The summed E-state index contributed by atoms with van der Waals surface area (Å²) < 4.78 is 17.4. The second kappa shape index (κ2) is 10.4. The molecule has 38 heavy (non-hydrogen) atoms. The minimum absolute atomic E-state index is 0.0640. The fourth-order valence-corrected chi connectivity index (χ4v) is 4.27. The van der Waals surface area contributed by atoms with Crippen LogP contribution >= 0.6 is 0 Å². The van der Waals surface area contributed by atoms with Crippen LogP contribution in [0.15, 0.2) is 66.7 Å². The third kappa shape index (κ3) is 5.40. The maximum absolute atomic E-state index is 12.9. The first-order chi connectivity index (χ1) is 18.3. The number of benzene rings is 3. The van der Waals surface area contributed by atoms with Gasteiger partial charge < -0.3 is 19.2 Å². The van der Waals surface area contributed by atoms with Crippen molar-refractivity contribution in [2.45, 2.75) is 38.6 Å². The lowest BCUT2D eigenvalue weighted by Gasteiger charge is -2.19. The number of esters is 2. The molecule has 0 amide bonds. The van der Waals surface area contributed by atoms with Crippen LogP contribution in [-0.2, 0) is 14.2 Å². The quantitative estimate of drug-likeness (QED) is 0.206. The number of nitrogens with zero attached hydrogens (tertiary/aromatic N) is 2. The summed E-state index contributed by atoms with van der Waals surface area (Å²) in [4.78, 5) is 43.7. The largest absolute Gasteiger partial charge is 0.459 e. The van der Waals surface area contributed by atoms with Crippen LogP contribution in [0.3, 0.4) is 0 Å². The van der Waals surface area contributed by atoms with Crippen molar-refractivity contribution < 1.29 is 28.7 Å². The van der Waals surface area contributed by atoms with Crippen LogP contribution in [0.1, 0.15) is 50.2 Å². The number of fused-ring (bicyclic) bond motifs is 1. The van der Waals surface area contributed by atoms with Crippen LogP contribution in [0.2, 0.25) is 0 Å². The number of nitrogens with one attached hydrogen (secondary N) is 1. The highest BCUT2D eigenvalue weighted by atomic mass is 16.6. The van der Waals surface area contributed by atoms with Gasteiger partial charge in [-0.3, -0.25) is 10.1 Å². The lowest BCUT2D eigenvalue weighted by molar-refractivity contribution is -0.384. The predicted octanol–water partition coefficient (Wildman–Crippen LogP) is 5.00. The van der Waals surface area contributed by atoms with E-state index in [9.17, 15) is 19.7 Å². The SMILES string of the molecule is Cc1ccc(C(=O)OC[C@H]2O[C@H](c3nc4ccc([N+](=O)[O-])cc4[nH]3)C[C@@H]2OC(=O)c2ccc(C)cc2)cc1. The molecule has 4 aromatic rings. The van der Waals surface area contributed by atoms with Gasteiger partial charge in [-0.25, -0.2) is 14.6 Å². The number of nitro groups is 1. The van der Waals surface area contributed by atoms with Crippen molar-refractivity contribution in [2.24, 2.45) is 0 Å². The maximum Gasteiger partial charge on any atom is 0.338 e. The molecule has 194 valence electrons. The Morgan fingerprint density at radius 1 is 1.00 bits per heavy atom. The Bertz CT molecular complexity index is 1500. The van der Waals surface area contributed by atoms with Crippen molar-refractivity contribution in [1.82, 2.24) is 9.97 Å². The number of ether oxygens (including phenoxy) is 3. The second-order valence-electron chi connectivity index (χ2n) is 9.25. The molecule has 3 aromatic carbocycles. The third-order valence-electron chi connectivity index (χ3n) is 6.41. The van der Waals surface area contributed by atoms with Gasteiger partial charge in [0.1, 0.15) is 30.7 Å². The molecule has 0 radical (unpaired) electrons. The Labute approximate surface area is 217 Å². The van der Waals surface area contributed by atoms with Crippen molar-refractivity contribution in [3.63, 3.8) is 0 Å². The summed E-state index contributed by atoms with van der Waals surface area (Å²) in [6.45, 7) is 3.70. The van der Waals surface area contributed by atoms with E-state index >= 15 is 0 Å². The molecule has 0 bridgehead atoms. The molecule has 5 rings (SSSR count). The normalized spacial score (nSPS) is 18.8. The van der Waals surface area contributed by atoms with E-state index < -0.39 is 35.2 Å². The molecule has 10 heteroatoms. The van der Waals surface area contributed by atoms with E-state index in [4.69, 9.17) is 14.2 Å². The zero-order chi connectivity index (χ0) is 26.8. The zero-order valence-corrected chi connectivity index (χ0v) is 20.7. The number of hydrogen-bond acceptors (Lipinski definition) is 8. The van der Waals surface area contributed by atoms with Crippen molar-refractivity contribution in [1.29, 1.82) is 0 Å². The molecule has 10 nitrogen and oxygen atoms in total. The van der Waals surface area contributed by atoms with Crippen molar-refractivity contribution in [3.05, 3.63) is 105 Å². The summed E-state index contributed by atoms with van der Waals surface area (Å²) in [7, 11) is 0. The van der Waals surface area contributed by atoms with Crippen LogP contribution in [0.25, 0.3) is 11.0 Å². The van der Waals surface area contributed by atoms with Gasteiger partial charge in [0.05, 0.1) is 27.1 Å². The molecule has 1 fully saturated rings. The summed E-state index contributed by atoms with van der Waals surface area (Å²) in [5, 5.41) is 11.1. The van der Waals surface area contributed by atoms with Gasteiger partial charge in [0, 0.05) is 18.6 Å². The maximum atomic E-state index is 12.9. The highest BCUT2D eigenvalue weighted by Crippen LogP contribution is 2.35. The van der Waals surface area contributed by atoms with Crippen LogP contribution in [0, 0.1) is 24.0 Å². The number of H-pyrrole nitrogens is 1. The van der Waals surface area contributed by atoms with Gasteiger partial charge in [-0.15, -0.1) is 0 Å². The van der Waals surface area contributed by atoms with Crippen molar-refractivity contribution >= 4 is 28.7 Å². The van der Waals surface area contributed by atoms with Gasteiger partial charge in [-0.1, -0.05) is 35.4 Å². The topological polar surface area (TPSA) is 134 Å². The number of aryl methyl sites for hydroxylation is 2. The average molecular weight is 516 g/mol. The molecule has 0 aliphatic carbocycles. The van der Waals surface area contributed by atoms with E-state index in [1.165, 1.54) is 12.1 Å². The molecule has 0 saturated carbocycles. The number of hydrogen-bond donors (Lipinski definition) is 1. The van der Waals surface area contributed by atoms with E-state index in [0.717, 1.165) is 11.1 Å². The van der Waals surface area contributed by atoms with E-state index in [-0.39, 0.29) is 18.7 Å². The van der Waals surface area contributed by atoms with E-state index in [1.807, 2.05) is 38.1 Å². The fraction of sp³-hybridized carbons (Fsp3) is 0.250. The molecule has 1 aliphatic rings. The van der Waals surface area contributed by atoms with Gasteiger partial charge in [0.15, 0.2) is 0 Å². The first-order valence-electron chi connectivity index (χ1n) is 12.1. The number of rotatable bonds is 7. The number of non-ortho nitro benzene ring substituents is 1. The summed E-state index contributed by atoms with van der Waals surface area (Å²) >= 11 is 0. The van der Waals surface area contributed by atoms with Crippen molar-refractivity contribution in [2.75, 3.05) is 6.61 Å². The molecule has 0 unspecified atom stereocenters. The molecule has 3 atom stereocenters. The van der Waals surface area contributed by atoms with Crippen LogP contribution < -0.4 is 0 Å². The minimum Gasteiger partial charge on any atom is -0.459 e. The molecular weight excluding hydrogens is 490 g/mol. The monoisotopic (exact) mass is 515 g/mol. The van der Waals surface area contributed by atoms with Gasteiger partial charge in [-0.2, -0.15) is 0 Å². The van der Waals surface area contributed by atoms with Crippen molar-refractivity contribution in [3.8, 4) is 0 Å². The molecular formula is C28H25N3O7. The molecule has 0 spiro atoms. The van der Waals surface area contributed by atoms with Crippen LogP contribution in [0.5, 0.6) is 0 Å². The summed E-state index contributed by atoms with van der Waals surface area (Å²) in [5.74, 6) is -0.602. The van der Waals surface area contributed by atoms with Crippen LogP contribution in [-0.4, -0.2) is 45.6 Å². The van der Waals surface area contributed by atoms with E-state index in [1.54, 1.807) is 30.3 Å². The van der Waals surface area contributed by atoms with Crippen LogP contribution in [0.4, 0.5) is 5.69 Å². The lowest BCUT2D eigenvalue weighted by atomic mass is 10.1. The lowest BCUT2D eigenvalue weighted by Crippen LogP contribution is -2.32. The Morgan fingerprint density at radius 3 is 2.26 bits per heavy atom. The fourth-order valence-electron chi connectivity index (χ4n) is 4.27. The van der Waals surface area contributed by atoms with Gasteiger partial charge >= 0.3 is 11.9 Å². The third-order valence-corrected chi connectivity index (χ3v) is 6.41. The van der Waals surface area contributed by atoms with E-state index in [2.05, 4.69) is 9.97 Å².